The summed E-state index contributed by atoms with van der Waals surface area (Å²) in [6.45, 7) is -3.48. The molecule has 2 aliphatic rings. The first kappa shape index (κ1) is 34.3. The van der Waals surface area contributed by atoms with Gasteiger partial charge in [0.05, 0.1) is 0 Å². The average Bonchev–Trinajstić information content (AvgIpc) is 2.91. The summed E-state index contributed by atoms with van der Waals surface area (Å²) in [5.74, 6) is -7.49. The van der Waals surface area contributed by atoms with Crippen molar-refractivity contribution in [3.05, 3.63) is 75.3 Å². The third-order valence-corrected chi connectivity index (χ3v) is 6.48. The third-order valence-electron chi connectivity index (χ3n) is 6.05. The predicted octanol–water partition coefficient (Wildman–Crippen LogP) is 0.970. The normalized spacial score (nSPS) is 11.6. The molecule has 239 valence electrons. The summed E-state index contributed by atoms with van der Waals surface area (Å²) in [5.41, 5.74) is -0.461. The number of aliphatic carboxylic acids is 4. The fourth-order valence-electron chi connectivity index (χ4n) is 4.32. The van der Waals surface area contributed by atoms with Crippen molar-refractivity contribution in [1.82, 2.24) is 9.80 Å². The van der Waals surface area contributed by atoms with Crippen LogP contribution in [0, 0.1) is 6.07 Å². The minimum atomic E-state index is -1.32. The maximum absolute atomic E-state index is 13.0. The summed E-state index contributed by atoms with van der Waals surface area (Å²) < 4.78 is 5.60. The van der Waals surface area contributed by atoms with Gasteiger partial charge in [0.15, 0.2) is 0 Å². The number of aliphatic hydroxyl groups is 1. The standard InChI is InChI=1S/C29H25N2O13.Co/c32-17(5-6-30(12-25(34)35)13-26(36)37)8-18-9-21(19-3-1-2-4-20(19)29(42)43)22-7-16(23(33)10-24(22)44-18)11-31(14-27(38)39)15-28(40)41;/h1-4,7-8,10,32H,6,11-15H2,(H,34,35)(H,36,37)(H,38,39)(H,40,41)(H,42,43);/q-1;/b17-8+;. The number of carboxylic acid groups (broad SMARTS) is 5. The molecule has 1 aliphatic heterocycles. The van der Waals surface area contributed by atoms with Crippen LogP contribution >= 0.6 is 0 Å². The molecule has 0 bridgehead atoms. The van der Waals surface area contributed by atoms with Crippen molar-refractivity contribution in [2.24, 2.45) is 0 Å². The molecule has 0 fully saturated rings. The number of aliphatic hydroxyl groups excluding tert-OH is 1. The van der Waals surface area contributed by atoms with E-state index in [4.69, 9.17) is 14.6 Å². The molecule has 1 heterocycles. The van der Waals surface area contributed by atoms with Gasteiger partial charge in [0, 0.05) is 0 Å². The van der Waals surface area contributed by atoms with Crippen LogP contribution in [0.15, 0.2) is 51.4 Å². The van der Waals surface area contributed by atoms with Crippen LogP contribution in [0.5, 0.6) is 0 Å². The van der Waals surface area contributed by atoms with Crippen molar-refractivity contribution >= 4 is 40.4 Å². The SMILES string of the molecule is O=C(O)CN(CC(=O)O)C[C](=[Co])/C(O)=C\c1[c-]c(-c2ccccc2C(=O)O)c2cc(CN(CC(=O)O)CC(=O)O)c(=O)cc-2o1. The van der Waals surface area contributed by atoms with Crippen molar-refractivity contribution in [3.8, 4) is 22.5 Å². The van der Waals surface area contributed by atoms with Crippen LogP contribution in [0.25, 0.3) is 28.5 Å². The number of nitrogens with zero attached hydrogens (tertiary/aromatic N) is 2. The first-order valence-corrected chi connectivity index (χ1v) is 13.2. The number of hydrogen-bond acceptors (Lipinski definition) is 10. The molecule has 16 heteroatoms. The van der Waals surface area contributed by atoms with Gasteiger partial charge in [-0.1, -0.05) is 0 Å². The number of carbonyl (C=O) groups is 5. The van der Waals surface area contributed by atoms with E-state index in [1.165, 1.54) is 24.3 Å². The molecule has 0 amide bonds. The molecule has 0 radical (unpaired) electrons. The van der Waals surface area contributed by atoms with Gasteiger partial charge in [-0.15, -0.1) is 0 Å². The Kier molecular flexibility index (Phi) is 11.5. The van der Waals surface area contributed by atoms with E-state index >= 15 is 0 Å². The van der Waals surface area contributed by atoms with Crippen LogP contribution in [-0.2, 0) is 41.0 Å². The molecule has 0 aromatic heterocycles. The Morgan fingerprint density at radius 1 is 0.778 bits per heavy atom. The number of carboxylic acids is 5. The maximum atomic E-state index is 13.0. The molecule has 15 nitrogen and oxygen atoms in total. The Hall–Kier alpha value is -5.16. The van der Waals surface area contributed by atoms with Gasteiger partial charge in [-0.05, 0) is 0 Å². The molecule has 0 spiro atoms. The molecule has 3 rings (SSSR count). The fraction of sp³-hybridized carbons (Fsp3) is 0.207. The minimum absolute atomic E-state index is 0.0172. The van der Waals surface area contributed by atoms with E-state index < -0.39 is 67.2 Å². The summed E-state index contributed by atoms with van der Waals surface area (Å²) in [6.07, 6.45) is 1.01. The Morgan fingerprint density at radius 2 is 1.33 bits per heavy atom. The van der Waals surface area contributed by atoms with Gasteiger partial charge in [0.25, 0.3) is 0 Å². The molecule has 1 aromatic carbocycles. The molecular weight excluding hydrogens is 643 g/mol. The quantitative estimate of drug-likeness (QED) is 0.0920. The van der Waals surface area contributed by atoms with Crippen LogP contribution in [0.2, 0.25) is 0 Å². The predicted molar refractivity (Wildman–Crippen MR) is 151 cm³/mol. The summed E-state index contributed by atoms with van der Waals surface area (Å²) in [4.78, 5) is 71.9. The van der Waals surface area contributed by atoms with Crippen molar-refractivity contribution in [2.75, 3.05) is 32.7 Å². The molecule has 0 unspecified atom stereocenters. The van der Waals surface area contributed by atoms with E-state index in [0.29, 0.717) is 0 Å². The summed E-state index contributed by atoms with van der Waals surface area (Å²) in [6, 6.07) is 11.0. The van der Waals surface area contributed by atoms with E-state index in [9.17, 15) is 49.2 Å². The van der Waals surface area contributed by atoms with Crippen LogP contribution in [-0.4, -0.2) is 107 Å². The number of aromatic carboxylic acids is 1. The molecule has 45 heavy (non-hydrogen) atoms. The second-order valence-electron chi connectivity index (χ2n) is 9.55. The molecule has 0 saturated heterocycles. The molecular formula is C29H25CoN2O13-. The molecule has 0 atom stereocenters. The second kappa shape index (κ2) is 15.0. The van der Waals surface area contributed by atoms with Crippen molar-refractivity contribution in [1.29, 1.82) is 0 Å². The number of rotatable bonds is 16. The number of benzene rings is 2. The van der Waals surface area contributed by atoms with E-state index in [0.717, 1.165) is 21.9 Å². The van der Waals surface area contributed by atoms with Crippen LogP contribution < -0.4 is 5.43 Å². The van der Waals surface area contributed by atoms with Crippen LogP contribution in [0.3, 0.4) is 0 Å². The zero-order chi connectivity index (χ0) is 33.4. The van der Waals surface area contributed by atoms with Gasteiger partial charge in [0.1, 0.15) is 0 Å². The monoisotopic (exact) mass is 668 g/mol. The van der Waals surface area contributed by atoms with Gasteiger partial charge < -0.3 is 10.2 Å². The van der Waals surface area contributed by atoms with Crippen molar-refractivity contribution in [2.45, 2.75) is 6.54 Å². The Balaban J connectivity index is 2.17. The van der Waals surface area contributed by atoms with Gasteiger partial charge in [-0.25, -0.2) is 0 Å². The number of hydrogen-bond donors (Lipinski definition) is 6. The molecule has 1 aliphatic carbocycles. The second-order valence-corrected chi connectivity index (χ2v) is 10.2. The Morgan fingerprint density at radius 3 is 1.89 bits per heavy atom. The first-order valence-electron chi connectivity index (χ1n) is 12.7. The van der Waals surface area contributed by atoms with E-state index in [-0.39, 0.29) is 56.9 Å². The first-order chi connectivity index (χ1) is 21.1. The zero-order valence-electron chi connectivity index (χ0n) is 23.1. The summed E-state index contributed by atoms with van der Waals surface area (Å²) >= 11 is 4.22. The van der Waals surface area contributed by atoms with Gasteiger partial charge in [-0.2, -0.15) is 0 Å². The molecule has 6 N–H and O–H groups in total. The average molecular weight is 668 g/mol. The summed E-state index contributed by atoms with van der Waals surface area (Å²) in [7, 11) is 0. The van der Waals surface area contributed by atoms with Crippen molar-refractivity contribution < 1.29 is 74.3 Å². The molecule has 0 saturated carbocycles. The third kappa shape index (κ3) is 9.67. The number of fused-ring (bicyclic) bond motifs is 1. The Bertz CT molecular complexity index is 1700. The van der Waals surface area contributed by atoms with Gasteiger partial charge >= 0.3 is 242 Å². The van der Waals surface area contributed by atoms with Crippen LogP contribution in [0.1, 0.15) is 21.7 Å². The van der Waals surface area contributed by atoms with Crippen molar-refractivity contribution in [3.63, 3.8) is 0 Å². The topological polar surface area (TPSA) is 243 Å². The Labute approximate surface area is 261 Å². The van der Waals surface area contributed by atoms with E-state index in [1.54, 1.807) is 6.07 Å². The van der Waals surface area contributed by atoms with Gasteiger partial charge in [-0.3, -0.25) is 9.59 Å². The van der Waals surface area contributed by atoms with E-state index in [1.807, 2.05) is 0 Å². The van der Waals surface area contributed by atoms with Crippen LogP contribution in [0.4, 0.5) is 0 Å². The fourth-order valence-corrected chi connectivity index (χ4v) is 4.63. The zero-order valence-corrected chi connectivity index (χ0v) is 24.1. The van der Waals surface area contributed by atoms with E-state index in [2.05, 4.69) is 21.4 Å². The van der Waals surface area contributed by atoms with Gasteiger partial charge in [0.2, 0.25) is 0 Å². The summed E-state index contributed by atoms with van der Waals surface area (Å²) in [5, 5.41) is 57.0. The molecule has 1 aromatic rings.